The van der Waals surface area contributed by atoms with Crippen LogP contribution in [0.15, 0.2) is 22.7 Å². The van der Waals surface area contributed by atoms with Gasteiger partial charge in [-0.15, -0.1) is 11.3 Å². The molecule has 1 aliphatic carbocycles. The molecule has 1 aromatic carbocycles. The lowest BCUT2D eigenvalue weighted by Gasteiger charge is -2.09. The molecule has 1 aromatic heterocycles. The number of halogens is 1. The third kappa shape index (κ3) is 3.19. The van der Waals surface area contributed by atoms with Crippen LogP contribution in [0.1, 0.15) is 30.7 Å². The van der Waals surface area contributed by atoms with E-state index in [1.807, 2.05) is 18.2 Å². The number of fused-ring (bicyclic) bond motifs is 1. The van der Waals surface area contributed by atoms with Gasteiger partial charge < -0.3 is 0 Å². The zero-order valence-corrected chi connectivity index (χ0v) is 13.3. The standard InChI is InChI=1S/C14H15BrN2O2S/c15-10-5-6-11-12(7-10)20-13(16-11)8-19-17-14(18)9-3-1-2-4-9/h5-7,9H,1-4,8H2,(H,17,18). The second kappa shape index (κ2) is 6.20. The SMILES string of the molecule is O=C(NOCc1nc2ccc(Br)cc2s1)C1CCCC1. The van der Waals surface area contributed by atoms with Gasteiger partial charge in [-0.3, -0.25) is 9.63 Å². The summed E-state index contributed by atoms with van der Waals surface area (Å²) in [5.74, 6) is 0.132. The van der Waals surface area contributed by atoms with Crippen molar-refractivity contribution in [2.75, 3.05) is 0 Å². The number of hydrogen-bond donors (Lipinski definition) is 1. The molecule has 0 spiro atoms. The Labute approximate surface area is 129 Å². The number of aromatic nitrogens is 1. The molecule has 1 heterocycles. The number of thiazole rings is 1. The lowest BCUT2D eigenvalue weighted by molar-refractivity contribution is -0.138. The highest BCUT2D eigenvalue weighted by Crippen LogP contribution is 2.26. The minimum atomic E-state index is 0.00588. The van der Waals surface area contributed by atoms with E-state index >= 15 is 0 Å². The fraction of sp³-hybridized carbons (Fsp3) is 0.429. The van der Waals surface area contributed by atoms with Crippen molar-refractivity contribution in [3.8, 4) is 0 Å². The van der Waals surface area contributed by atoms with Crippen LogP contribution in [0.25, 0.3) is 10.2 Å². The highest BCUT2D eigenvalue weighted by molar-refractivity contribution is 9.10. The molecule has 1 saturated carbocycles. The molecule has 0 aliphatic heterocycles. The second-order valence-electron chi connectivity index (χ2n) is 4.96. The van der Waals surface area contributed by atoms with Crippen molar-refractivity contribution in [1.29, 1.82) is 0 Å². The van der Waals surface area contributed by atoms with E-state index in [1.165, 1.54) is 0 Å². The van der Waals surface area contributed by atoms with Crippen LogP contribution in [-0.4, -0.2) is 10.9 Å². The minimum absolute atomic E-state index is 0.00588. The van der Waals surface area contributed by atoms with Crippen LogP contribution in [0.2, 0.25) is 0 Å². The van der Waals surface area contributed by atoms with Crippen LogP contribution in [-0.2, 0) is 16.2 Å². The number of hydroxylamine groups is 1. The molecule has 1 N–H and O–H groups in total. The summed E-state index contributed by atoms with van der Waals surface area (Å²) in [7, 11) is 0. The van der Waals surface area contributed by atoms with E-state index in [0.717, 1.165) is 45.4 Å². The molecule has 106 valence electrons. The Bertz CT molecular complexity index is 623. The average Bonchev–Trinajstić information content (AvgIpc) is 3.06. The molecule has 1 amide bonds. The van der Waals surface area contributed by atoms with Crippen LogP contribution < -0.4 is 5.48 Å². The number of carbonyl (C=O) groups is 1. The zero-order valence-electron chi connectivity index (χ0n) is 10.9. The van der Waals surface area contributed by atoms with Crippen LogP contribution in [0.4, 0.5) is 0 Å². The summed E-state index contributed by atoms with van der Waals surface area (Å²) in [6.07, 6.45) is 4.24. The van der Waals surface area contributed by atoms with Crippen LogP contribution in [0, 0.1) is 5.92 Å². The van der Waals surface area contributed by atoms with Crippen molar-refractivity contribution in [2.45, 2.75) is 32.3 Å². The van der Waals surface area contributed by atoms with Crippen molar-refractivity contribution in [1.82, 2.24) is 10.5 Å². The van der Waals surface area contributed by atoms with E-state index in [4.69, 9.17) is 4.84 Å². The number of hydrogen-bond acceptors (Lipinski definition) is 4. The van der Waals surface area contributed by atoms with Gasteiger partial charge in [0.1, 0.15) is 11.6 Å². The number of rotatable bonds is 4. The van der Waals surface area contributed by atoms with Crippen molar-refractivity contribution in [2.24, 2.45) is 5.92 Å². The molecular formula is C14H15BrN2O2S. The molecule has 6 heteroatoms. The molecule has 0 saturated heterocycles. The molecule has 0 atom stereocenters. The Morgan fingerprint density at radius 1 is 1.45 bits per heavy atom. The summed E-state index contributed by atoms with van der Waals surface area (Å²) >= 11 is 5.02. The summed E-state index contributed by atoms with van der Waals surface area (Å²) in [5, 5.41) is 0.866. The quantitative estimate of drug-likeness (QED) is 0.849. The van der Waals surface area contributed by atoms with E-state index < -0.39 is 0 Å². The van der Waals surface area contributed by atoms with Crippen molar-refractivity contribution >= 4 is 43.4 Å². The van der Waals surface area contributed by atoms with Gasteiger partial charge in [0.2, 0.25) is 5.91 Å². The van der Waals surface area contributed by atoms with Gasteiger partial charge in [-0.1, -0.05) is 28.8 Å². The van der Waals surface area contributed by atoms with E-state index in [-0.39, 0.29) is 11.8 Å². The summed E-state index contributed by atoms with van der Waals surface area (Å²) in [4.78, 5) is 21.6. The third-order valence-corrected chi connectivity index (χ3v) is 4.97. The number of amides is 1. The highest BCUT2D eigenvalue weighted by atomic mass is 79.9. The smallest absolute Gasteiger partial charge is 0.246 e. The van der Waals surface area contributed by atoms with Crippen LogP contribution >= 0.6 is 27.3 Å². The van der Waals surface area contributed by atoms with E-state index in [9.17, 15) is 4.79 Å². The Morgan fingerprint density at radius 3 is 3.05 bits per heavy atom. The molecule has 0 unspecified atom stereocenters. The van der Waals surface area contributed by atoms with E-state index in [0.29, 0.717) is 6.61 Å². The van der Waals surface area contributed by atoms with E-state index in [1.54, 1.807) is 11.3 Å². The maximum Gasteiger partial charge on any atom is 0.246 e. The Hall–Kier alpha value is -0.980. The summed E-state index contributed by atoms with van der Waals surface area (Å²) in [6, 6.07) is 5.97. The first-order valence-corrected chi connectivity index (χ1v) is 8.30. The largest absolute Gasteiger partial charge is 0.273 e. The predicted molar refractivity (Wildman–Crippen MR) is 82.2 cm³/mol. The molecule has 0 bridgehead atoms. The van der Waals surface area contributed by atoms with Gasteiger partial charge in [0.25, 0.3) is 0 Å². The molecule has 1 aliphatic rings. The van der Waals surface area contributed by atoms with Gasteiger partial charge in [0.05, 0.1) is 10.2 Å². The summed E-state index contributed by atoms with van der Waals surface area (Å²) in [5.41, 5.74) is 3.50. The number of nitrogens with zero attached hydrogens (tertiary/aromatic N) is 1. The summed E-state index contributed by atoms with van der Waals surface area (Å²) < 4.78 is 2.15. The maximum absolute atomic E-state index is 11.8. The number of benzene rings is 1. The molecule has 4 nitrogen and oxygen atoms in total. The van der Waals surface area contributed by atoms with Gasteiger partial charge in [0, 0.05) is 10.4 Å². The van der Waals surface area contributed by atoms with Gasteiger partial charge in [0.15, 0.2) is 0 Å². The number of nitrogens with one attached hydrogen (secondary N) is 1. The lowest BCUT2D eigenvalue weighted by atomic mass is 10.1. The van der Waals surface area contributed by atoms with Crippen molar-refractivity contribution in [3.05, 3.63) is 27.7 Å². The van der Waals surface area contributed by atoms with E-state index in [2.05, 4.69) is 26.4 Å². The first kappa shape index (κ1) is 14.0. The number of carbonyl (C=O) groups excluding carboxylic acids is 1. The Morgan fingerprint density at radius 2 is 2.25 bits per heavy atom. The maximum atomic E-state index is 11.8. The van der Waals surface area contributed by atoms with Crippen LogP contribution in [0.5, 0.6) is 0 Å². The zero-order chi connectivity index (χ0) is 13.9. The van der Waals surface area contributed by atoms with Crippen molar-refractivity contribution < 1.29 is 9.63 Å². The van der Waals surface area contributed by atoms with Gasteiger partial charge >= 0.3 is 0 Å². The first-order chi connectivity index (χ1) is 9.72. The Kier molecular flexibility index (Phi) is 4.33. The first-order valence-electron chi connectivity index (χ1n) is 6.69. The molecule has 3 rings (SSSR count). The average molecular weight is 355 g/mol. The lowest BCUT2D eigenvalue weighted by Crippen LogP contribution is -2.29. The van der Waals surface area contributed by atoms with Crippen LogP contribution in [0.3, 0.4) is 0 Å². The topological polar surface area (TPSA) is 51.2 Å². The molecule has 20 heavy (non-hydrogen) atoms. The fourth-order valence-electron chi connectivity index (χ4n) is 2.45. The predicted octanol–water partition coefficient (Wildman–Crippen LogP) is 3.80. The fourth-order valence-corrected chi connectivity index (χ4v) is 3.88. The highest BCUT2D eigenvalue weighted by Gasteiger charge is 2.22. The summed E-state index contributed by atoms with van der Waals surface area (Å²) in [6.45, 7) is 0.315. The third-order valence-electron chi connectivity index (χ3n) is 3.49. The van der Waals surface area contributed by atoms with Gasteiger partial charge in [-0.2, -0.15) is 0 Å². The molecular weight excluding hydrogens is 340 g/mol. The van der Waals surface area contributed by atoms with Crippen molar-refractivity contribution in [3.63, 3.8) is 0 Å². The monoisotopic (exact) mass is 354 g/mol. The molecule has 0 radical (unpaired) electrons. The minimum Gasteiger partial charge on any atom is -0.273 e. The van der Waals surface area contributed by atoms with Gasteiger partial charge in [-0.25, -0.2) is 10.5 Å². The normalized spacial score (nSPS) is 15.8. The molecule has 1 fully saturated rings. The second-order valence-corrected chi connectivity index (χ2v) is 6.99. The Balaban J connectivity index is 1.55. The molecule has 2 aromatic rings. The van der Waals surface area contributed by atoms with Gasteiger partial charge in [-0.05, 0) is 31.0 Å².